The van der Waals surface area contributed by atoms with Crippen LogP contribution in [0.3, 0.4) is 0 Å². The second-order valence-corrected chi connectivity index (χ2v) is 7.55. The normalized spacial score (nSPS) is 17.2. The number of carbonyl (C=O) groups excluding carboxylic acids is 1. The first-order valence-electron chi connectivity index (χ1n) is 7.39. The summed E-state index contributed by atoms with van der Waals surface area (Å²) in [6, 6.07) is 7.34. The summed E-state index contributed by atoms with van der Waals surface area (Å²) in [5.74, 6) is -0.223. The van der Waals surface area contributed by atoms with Crippen LogP contribution in [-0.2, 0) is 14.8 Å². The second kappa shape index (κ2) is 7.11. The molecule has 1 aromatic carbocycles. The number of carbonyl (C=O) groups is 1. The number of rotatable bonds is 5. The van der Waals surface area contributed by atoms with E-state index in [0.717, 1.165) is 18.5 Å². The van der Waals surface area contributed by atoms with Crippen molar-refractivity contribution in [2.24, 2.45) is 0 Å². The second-order valence-electron chi connectivity index (χ2n) is 5.29. The number of methoxy groups -OCH3 is 1. The van der Waals surface area contributed by atoms with Crippen LogP contribution in [0.15, 0.2) is 24.3 Å². The average Bonchev–Trinajstić information content (AvgIpc) is 2.55. The van der Waals surface area contributed by atoms with Crippen molar-refractivity contribution >= 4 is 21.7 Å². The van der Waals surface area contributed by atoms with Gasteiger partial charge in [0.25, 0.3) is 0 Å². The molecule has 22 heavy (non-hydrogen) atoms. The lowest BCUT2D eigenvalue weighted by atomic mass is 10.1. The molecule has 0 bridgehead atoms. The van der Waals surface area contributed by atoms with E-state index in [2.05, 4.69) is 5.32 Å². The smallest absolute Gasteiger partial charge is 0.337 e. The highest BCUT2D eigenvalue weighted by atomic mass is 32.2. The Morgan fingerprint density at radius 1 is 1.36 bits per heavy atom. The van der Waals surface area contributed by atoms with Crippen LogP contribution in [0, 0.1) is 0 Å². The predicted octanol–water partition coefficient (Wildman–Crippen LogP) is 1.70. The lowest BCUT2D eigenvalue weighted by Gasteiger charge is -2.31. The zero-order valence-electron chi connectivity index (χ0n) is 12.9. The molecule has 0 spiro atoms. The zero-order chi connectivity index (χ0) is 16.2. The van der Waals surface area contributed by atoms with E-state index in [0.29, 0.717) is 18.7 Å². The van der Waals surface area contributed by atoms with Gasteiger partial charge in [0.15, 0.2) is 0 Å². The van der Waals surface area contributed by atoms with Crippen LogP contribution in [-0.4, -0.2) is 50.7 Å². The largest absolute Gasteiger partial charge is 0.465 e. The summed E-state index contributed by atoms with van der Waals surface area (Å²) < 4.78 is 29.9. The van der Waals surface area contributed by atoms with Gasteiger partial charge in [-0.3, -0.25) is 0 Å². The molecule has 122 valence electrons. The number of esters is 1. The van der Waals surface area contributed by atoms with Crippen molar-refractivity contribution in [3.63, 3.8) is 0 Å². The monoisotopic (exact) mass is 326 g/mol. The molecule has 0 amide bonds. The van der Waals surface area contributed by atoms with Gasteiger partial charge in [0, 0.05) is 24.8 Å². The molecule has 1 aliphatic rings. The van der Waals surface area contributed by atoms with Gasteiger partial charge in [-0.2, -0.15) is 0 Å². The number of ether oxygens (including phenoxy) is 1. The number of benzene rings is 1. The molecule has 6 nitrogen and oxygen atoms in total. The Morgan fingerprint density at radius 3 is 2.64 bits per heavy atom. The number of anilines is 1. The predicted molar refractivity (Wildman–Crippen MR) is 85.5 cm³/mol. The van der Waals surface area contributed by atoms with Gasteiger partial charge in [0.05, 0.1) is 18.4 Å². The van der Waals surface area contributed by atoms with Gasteiger partial charge in [0.1, 0.15) is 0 Å². The lowest BCUT2D eigenvalue weighted by Crippen LogP contribution is -2.42. The minimum atomic E-state index is -3.09. The fourth-order valence-electron chi connectivity index (χ4n) is 2.55. The number of nitrogens with one attached hydrogen (secondary N) is 1. The Labute approximate surface area is 131 Å². The van der Waals surface area contributed by atoms with Crippen LogP contribution in [0.4, 0.5) is 5.69 Å². The van der Waals surface area contributed by atoms with E-state index in [4.69, 9.17) is 4.74 Å². The highest BCUT2D eigenvalue weighted by Crippen LogP contribution is 2.20. The molecule has 1 saturated heterocycles. The third kappa shape index (κ3) is 3.98. The molecule has 1 fully saturated rings. The van der Waals surface area contributed by atoms with Crippen LogP contribution >= 0.6 is 0 Å². The van der Waals surface area contributed by atoms with Gasteiger partial charge in [-0.15, -0.1) is 0 Å². The minimum absolute atomic E-state index is 0.145. The maximum atomic E-state index is 11.8. The molecular formula is C15H22N2O4S. The first-order valence-corrected chi connectivity index (χ1v) is 9.00. The van der Waals surface area contributed by atoms with E-state index < -0.39 is 10.0 Å². The number of sulfonamides is 1. The van der Waals surface area contributed by atoms with Crippen LogP contribution in [0.5, 0.6) is 0 Å². The summed E-state index contributed by atoms with van der Waals surface area (Å²) >= 11 is 0. The Hall–Kier alpha value is -1.60. The third-order valence-electron chi connectivity index (χ3n) is 3.87. The van der Waals surface area contributed by atoms with Gasteiger partial charge in [-0.25, -0.2) is 17.5 Å². The van der Waals surface area contributed by atoms with Crippen molar-refractivity contribution in [2.45, 2.75) is 25.8 Å². The molecule has 1 aliphatic heterocycles. The molecule has 0 unspecified atom stereocenters. The highest BCUT2D eigenvalue weighted by molar-refractivity contribution is 7.89. The molecule has 7 heteroatoms. The molecule has 1 N–H and O–H groups in total. The number of hydrogen-bond donors (Lipinski definition) is 1. The summed E-state index contributed by atoms with van der Waals surface area (Å²) in [7, 11) is -1.74. The van der Waals surface area contributed by atoms with Crippen molar-refractivity contribution < 1.29 is 17.9 Å². The van der Waals surface area contributed by atoms with Crippen LogP contribution in [0.1, 0.15) is 30.1 Å². The molecule has 2 rings (SSSR count). The maximum absolute atomic E-state index is 11.8. The number of piperidine rings is 1. The van der Waals surface area contributed by atoms with Crippen molar-refractivity contribution in [2.75, 3.05) is 31.3 Å². The highest BCUT2D eigenvalue weighted by Gasteiger charge is 2.26. The van der Waals surface area contributed by atoms with Gasteiger partial charge in [-0.05, 0) is 38.0 Å². The van der Waals surface area contributed by atoms with E-state index in [1.165, 1.54) is 7.11 Å². The topological polar surface area (TPSA) is 75.7 Å². The average molecular weight is 326 g/mol. The van der Waals surface area contributed by atoms with Gasteiger partial charge < -0.3 is 10.1 Å². The Bertz CT molecular complexity index is 622. The number of hydrogen-bond acceptors (Lipinski definition) is 5. The Morgan fingerprint density at radius 2 is 2.05 bits per heavy atom. The Balaban J connectivity index is 1.95. The minimum Gasteiger partial charge on any atom is -0.465 e. The summed E-state index contributed by atoms with van der Waals surface area (Å²) in [5.41, 5.74) is 1.35. The molecular weight excluding hydrogens is 304 g/mol. The van der Waals surface area contributed by atoms with E-state index in [1.807, 2.05) is 6.07 Å². The standard InChI is InChI=1S/C15H22N2O4S/c1-3-22(19,20)17-9-7-13(8-10-17)16-14-6-4-5-12(11-14)15(18)21-2/h4-6,11,13,16H,3,7-10H2,1-2H3. The Kier molecular flexibility index (Phi) is 5.42. The van der Waals surface area contributed by atoms with Crippen molar-refractivity contribution in [3.8, 4) is 0 Å². The third-order valence-corrected chi connectivity index (χ3v) is 5.75. The molecule has 1 heterocycles. The van der Waals surface area contributed by atoms with Gasteiger partial charge in [-0.1, -0.05) is 6.07 Å². The van der Waals surface area contributed by atoms with E-state index >= 15 is 0 Å². The summed E-state index contributed by atoms with van der Waals surface area (Å²) in [6.45, 7) is 2.73. The first kappa shape index (κ1) is 16.8. The summed E-state index contributed by atoms with van der Waals surface area (Å²) in [5, 5.41) is 3.36. The van der Waals surface area contributed by atoms with Crippen molar-refractivity contribution in [3.05, 3.63) is 29.8 Å². The molecule has 0 aromatic heterocycles. The molecule has 1 aromatic rings. The van der Waals surface area contributed by atoms with E-state index in [-0.39, 0.29) is 17.8 Å². The summed E-state index contributed by atoms with van der Waals surface area (Å²) in [6.07, 6.45) is 1.50. The molecule has 0 radical (unpaired) electrons. The summed E-state index contributed by atoms with van der Waals surface area (Å²) in [4.78, 5) is 11.5. The van der Waals surface area contributed by atoms with Crippen LogP contribution in [0.2, 0.25) is 0 Å². The SMILES string of the molecule is CCS(=O)(=O)N1CCC(Nc2cccc(C(=O)OC)c2)CC1. The van der Waals surface area contributed by atoms with Crippen LogP contribution in [0.25, 0.3) is 0 Å². The fraction of sp³-hybridized carbons (Fsp3) is 0.533. The van der Waals surface area contributed by atoms with Crippen molar-refractivity contribution in [1.82, 2.24) is 4.31 Å². The zero-order valence-corrected chi connectivity index (χ0v) is 13.7. The van der Waals surface area contributed by atoms with E-state index in [9.17, 15) is 13.2 Å². The van der Waals surface area contributed by atoms with E-state index in [1.54, 1.807) is 29.4 Å². The van der Waals surface area contributed by atoms with Crippen LogP contribution < -0.4 is 5.32 Å². The lowest BCUT2D eigenvalue weighted by molar-refractivity contribution is 0.0600. The fourth-order valence-corrected chi connectivity index (χ4v) is 3.68. The molecule has 0 saturated carbocycles. The maximum Gasteiger partial charge on any atom is 0.337 e. The first-order chi connectivity index (χ1) is 10.5. The molecule has 0 atom stereocenters. The van der Waals surface area contributed by atoms with Gasteiger partial charge in [0.2, 0.25) is 10.0 Å². The van der Waals surface area contributed by atoms with Gasteiger partial charge >= 0.3 is 5.97 Å². The number of nitrogens with zero attached hydrogens (tertiary/aromatic N) is 1. The molecule has 0 aliphatic carbocycles. The quantitative estimate of drug-likeness (QED) is 0.834. The van der Waals surface area contributed by atoms with Crippen molar-refractivity contribution in [1.29, 1.82) is 0 Å².